The molecule has 0 fully saturated rings. The van der Waals surface area contributed by atoms with Crippen molar-refractivity contribution >= 4 is 31.5 Å². The average molecular weight is 264 g/mol. The maximum absolute atomic E-state index is 3.86. The first-order valence-electron chi connectivity index (χ1n) is 6.49. The van der Waals surface area contributed by atoms with Crippen LogP contribution in [0.5, 0.6) is 0 Å². The summed E-state index contributed by atoms with van der Waals surface area (Å²) in [6, 6.07) is 13.1. The first kappa shape index (κ1) is 12.2. The summed E-state index contributed by atoms with van der Waals surface area (Å²) in [4.78, 5) is 0. The minimum atomic E-state index is 0.932. The number of hydrogen-bond donors (Lipinski definition) is 0. The van der Waals surface area contributed by atoms with E-state index in [4.69, 9.17) is 0 Å². The molecule has 0 aliphatic heterocycles. The molecular formula is C18H16S. The summed E-state index contributed by atoms with van der Waals surface area (Å²) in [6.45, 7) is 7.71. The molecule has 0 saturated heterocycles. The summed E-state index contributed by atoms with van der Waals surface area (Å²) in [7, 11) is 0. The molecule has 2 aromatic carbocycles. The van der Waals surface area contributed by atoms with E-state index in [1.54, 1.807) is 0 Å². The van der Waals surface area contributed by atoms with Gasteiger partial charge in [0.1, 0.15) is 0 Å². The third-order valence-corrected chi connectivity index (χ3v) is 4.79. The Morgan fingerprint density at radius 2 is 1.26 bits per heavy atom. The molecule has 0 amide bonds. The molecule has 1 aromatic heterocycles. The van der Waals surface area contributed by atoms with Gasteiger partial charge in [0.15, 0.2) is 0 Å². The lowest BCUT2D eigenvalue weighted by atomic mass is 10.0. The molecule has 0 aliphatic carbocycles. The van der Waals surface area contributed by atoms with Crippen molar-refractivity contribution < 1.29 is 0 Å². The minimum Gasteiger partial charge on any atom is -0.135 e. The smallest absolute Gasteiger partial charge is 0.0390 e. The molecule has 1 heteroatoms. The summed E-state index contributed by atoms with van der Waals surface area (Å²) >= 11 is 1.90. The molecule has 0 N–H and O–H groups in total. The van der Waals surface area contributed by atoms with Crippen molar-refractivity contribution in [1.82, 2.24) is 0 Å². The third-order valence-electron chi connectivity index (χ3n) is 3.42. The first-order chi connectivity index (χ1) is 9.35. The lowest BCUT2D eigenvalue weighted by Crippen LogP contribution is -1.80. The molecule has 0 atom stereocenters. The summed E-state index contributed by atoms with van der Waals surface area (Å²) in [6.07, 6.45) is 5.82. The Hall–Kier alpha value is -1.86. The molecule has 0 unspecified atom stereocenters. The Kier molecular flexibility index (Phi) is 3.22. The zero-order valence-corrected chi connectivity index (χ0v) is 11.7. The van der Waals surface area contributed by atoms with Crippen LogP contribution in [0.25, 0.3) is 20.2 Å². The number of thiophene rings is 1. The SMILES string of the molecule is C=CCc1cccc2c1sc1c(CC=C)cccc12. The monoisotopic (exact) mass is 264 g/mol. The van der Waals surface area contributed by atoms with Crippen molar-refractivity contribution in [3.05, 3.63) is 72.8 Å². The summed E-state index contributed by atoms with van der Waals surface area (Å²) in [5, 5.41) is 2.73. The Labute approximate surface area is 117 Å². The Balaban J connectivity index is 2.37. The molecular weight excluding hydrogens is 248 g/mol. The van der Waals surface area contributed by atoms with Crippen LogP contribution in [-0.2, 0) is 12.8 Å². The highest BCUT2D eigenvalue weighted by molar-refractivity contribution is 7.26. The van der Waals surface area contributed by atoms with Crippen molar-refractivity contribution in [2.75, 3.05) is 0 Å². The predicted octanol–water partition coefficient (Wildman–Crippen LogP) is 5.51. The Bertz CT molecular complexity index is 698. The van der Waals surface area contributed by atoms with Gasteiger partial charge in [-0.25, -0.2) is 0 Å². The van der Waals surface area contributed by atoms with Crippen molar-refractivity contribution in [3.8, 4) is 0 Å². The van der Waals surface area contributed by atoms with E-state index in [-0.39, 0.29) is 0 Å². The normalized spacial score (nSPS) is 10.9. The third kappa shape index (κ3) is 2.00. The number of hydrogen-bond acceptors (Lipinski definition) is 1. The highest BCUT2D eigenvalue weighted by Gasteiger charge is 2.10. The predicted molar refractivity (Wildman–Crippen MR) is 87.1 cm³/mol. The van der Waals surface area contributed by atoms with Crippen LogP contribution in [0.3, 0.4) is 0 Å². The summed E-state index contributed by atoms with van der Waals surface area (Å²) in [5.74, 6) is 0. The minimum absolute atomic E-state index is 0.932. The van der Waals surface area contributed by atoms with Gasteiger partial charge in [-0.05, 0) is 24.0 Å². The molecule has 0 saturated carbocycles. The molecule has 19 heavy (non-hydrogen) atoms. The van der Waals surface area contributed by atoms with E-state index < -0.39 is 0 Å². The van der Waals surface area contributed by atoms with Gasteiger partial charge in [-0.3, -0.25) is 0 Å². The zero-order valence-electron chi connectivity index (χ0n) is 10.9. The summed E-state index contributed by atoms with van der Waals surface area (Å²) in [5.41, 5.74) is 2.75. The van der Waals surface area contributed by atoms with Crippen molar-refractivity contribution in [1.29, 1.82) is 0 Å². The number of allylic oxidation sites excluding steroid dienone is 2. The largest absolute Gasteiger partial charge is 0.135 e. The van der Waals surface area contributed by atoms with Gasteiger partial charge in [0, 0.05) is 20.2 Å². The van der Waals surface area contributed by atoms with Crippen LogP contribution in [0.1, 0.15) is 11.1 Å². The molecule has 0 aliphatic rings. The molecule has 0 spiro atoms. The van der Waals surface area contributed by atoms with E-state index in [2.05, 4.69) is 49.6 Å². The van der Waals surface area contributed by atoms with Gasteiger partial charge in [-0.2, -0.15) is 0 Å². The molecule has 0 radical (unpaired) electrons. The van der Waals surface area contributed by atoms with Crippen LogP contribution in [0.15, 0.2) is 61.7 Å². The fraction of sp³-hybridized carbons (Fsp3) is 0.111. The van der Waals surface area contributed by atoms with E-state index >= 15 is 0 Å². The van der Waals surface area contributed by atoms with E-state index in [0.717, 1.165) is 12.8 Å². The fourth-order valence-corrected chi connectivity index (χ4v) is 3.91. The van der Waals surface area contributed by atoms with Crippen molar-refractivity contribution in [2.24, 2.45) is 0 Å². The van der Waals surface area contributed by atoms with Gasteiger partial charge < -0.3 is 0 Å². The number of rotatable bonds is 4. The Morgan fingerprint density at radius 1 is 0.789 bits per heavy atom. The van der Waals surface area contributed by atoms with Gasteiger partial charge in [-0.15, -0.1) is 24.5 Å². The number of fused-ring (bicyclic) bond motifs is 3. The second kappa shape index (κ2) is 5.02. The average Bonchev–Trinajstić information content (AvgIpc) is 2.81. The van der Waals surface area contributed by atoms with Crippen LogP contribution >= 0.6 is 11.3 Å². The van der Waals surface area contributed by atoms with Crippen LogP contribution in [-0.4, -0.2) is 0 Å². The maximum atomic E-state index is 3.86. The Morgan fingerprint density at radius 3 is 1.68 bits per heavy atom. The molecule has 0 bridgehead atoms. The topological polar surface area (TPSA) is 0 Å². The molecule has 0 nitrogen and oxygen atoms in total. The van der Waals surface area contributed by atoms with Gasteiger partial charge in [0.2, 0.25) is 0 Å². The van der Waals surface area contributed by atoms with E-state index in [0.29, 0.717) is 0 Å². The quantitative estimate of drug-likeness (QED) is 0.545. The van der Waals surface area contributed by atoms with E-state index in [9.17, 15) is 0 Å². The molecule has 3 aromatic rings. The van der Waals surface area contributed by atoms with Crippen LogP contribution in [0, 0.1) is 0 Å². The van der Waals surface area contributed by atoms with Crippen LogP contribution in [0.2, 0.25) is 0 Å². The number of benzene rings is 2. The van der Waals surface area contributed by atoms with Gasteiger partial charge in [0.05, 0.1) is 0 Å². The van der Waals surface area contributed by atoms with Crippen LogP contribution in [0.4, 0.5) is 0 Å². The van der Waals surface area contributed by atoms with Gasteiger partial charge in [0.25, 0.3) is 0 Å². The summed E-state index contributed by atoms with van der Waals surface area (Å²) < 4.78 is 2.79. The lowest BCUT2D eigenvalue weighted by molar-refractivity contribution is 1.32. The lowest BCUT2D eigenvalue weighted by Gasteiger charge is -1.98. The maximum Gasteiger partial charge on any atom is 0.0390 e. The fourth-order valence-electron chi connectivity index (χ4n) is 2.57. The van der Waals surface area contributed by atoms with Crippen LogP contribution < -0.4 is 0 Å². The van der Waals surface area contributed by atoms with Gasteiger partial charge >= 0.3 is 0 Å². The van der Waals surface area contributed by atoms with Crippen molar-refractivity contribution in [2.45, 2.75) is 12.8 Å². The first-order valence-corrected chi connectivity index (χ1v) is 7.30. The molecule has 1 heterocycles. The highest BCUT2D eigenvalue weighted by Crippen LogP contribution is 2.38. The zero-order chi connectivity index (χ0) is 13.2. The molecule has 3 rings (SSSR count). The van der Waals surface area contributed by atoms with Crippen molar-refractivity contribution in [3.63, 3.8) is 0 Å². The van der Waals surface area contributed by atoms with E-state index in [1.807, 2.05) is 23.5 Å². The second-order valence-electron chi connectivity index (χ2n) is 4.68. The van der Waals surface area contributed by atoms with Gasteiger partial charge in [-0.1, -0.05) is 48.6 Å². The second-order valence-corrected chi connectivity index (χ2v) is 5.70. The standard InChI is InChI=1S/C18H16S/c1-3-7-13-9-5-11-15-16-12-6-10-14(8-4-2)18(16)19-17(13)15/h3-6,9-12H,1-2,7-8H2. The highest BCUT2D eigenvalue weighted by atomic mass is 32.1. The molecule has 94 valence electrons. The van der Waals surface area contributed by atoms with E-state index in [1.165, 1.54) is 31.3 Å².